The first-order valence-corrected chi connectivity index (χ1v) is 11.7. The van der Waals surface area contributed by atoms with Gasteiger partial charge in [0.05, 0.1) is 23.0 Å². The molecule has 2 heterocycles. The molecule has 10 nitrogen and oxygen atoms in total. The van der Waals surface area contributed by atoms with Crippen molar-refractivity contribution in [2.24, 2.45) is 0 Å². The summed E-state index contributed by atoms with van der Waals surface area (Å²) in [6, 6.07) is 11.5. The average molecular weight is 550 g/mol. The van der Waals surface area contributed by atoms with Crippen LogP contribution in [0, 0.1) is 0 Å². The van der Waals surface area contributed by atoms with Gasteiger partial charge in [-0.15, -0.1) is 0 Å². The molecule has 4 rings (SSSR count). The number of morpholine rings is 1. The second-order valence-corrected chi connectivity index (χ2v) is 8.66. The molecular formula is C23H19Cl3N6O4. The SMILES string of the molecule is O=C(Nc1ccc(N2CCOCC2=O)c(Cl)c1)Nc1ccnc(Cl)c1NC(=O)Nc1ccc(Cl)cc1. The van der Waals surface area contributed by atoms with Crippen LogP contribution >= 0.6 is 34.8 Å². The number of halogens is 3. The van der Waals surface area contributed by atoms with Crippen molar-refractivity contribution in [1.82, 2.24) is 4.98 Å². The largest absolute Gasteiger partial charge is 0.370 e. The van der Waals surface area contributed by atoms with Crippen LogP contribution in [0.15, 0.2) is 54.7 Å². The minimum absolute atomic E-state index is 0.0126. The summed E-state index contributed by atoms with van der Waals surface area (Å²) in [4.78, 5) is 42.7. The Morgan fingerprint density at radius 2 is 1.58 bits per heavy atom. The molecule has 0 aliphatic carbocycles. The van der Waals surface area contributed by atoms with Crippen LogP contribution in [-0.2, 0) is 9.53 Å². The summed E-state index contributed by atoms with van der Waals surface area (Å²) in [5.74, 6) is -0.198. The number of nitrogens with one attached hydrogen (secondary N) is 4. The third kappa shape index (κ3) is 6.35. The van der Waals surface area contributed by atoms with Gasteiger partial charge in [0, 0.05) is 29.1 Å². The van der Waals surface area contributed by atoms with Gasteiger partial charge in [-0.1, -0.05) is 34.8 Å². The first-order valence-electron chi connectivity index (χ1n) is 10.5. The van der Waals surface area contributed by atoms with Gasteiger partial charge in [-0.05, 0) is 48.5 Å². The number of pyridine rings is 1. The maximum Gasteiger partial charge on any atom is 0.323 e. The number of hydrogen-bond acceptors (Lipinski definition) is 5. The van der Waals surface area contributed by atoms with Gasteiger partial charge in [0.2, 0.25) is 0 Å². The molecule has 1 aliphatic rings. The van der Waals surface area contributed by atoms with Gasteiger partial charge < -0.3 is 30.9 Å². The Hall–Kier alpha value is -3.57. The summed E-state index contributed by atoms with van der Waals surface area (Å²) in [6.45, 7) is 0.782. The lowest BCUT2D eigenvalue weighted by atomic mass is 10.2. The quantitative estimate of drug-likeness (QED) is 0.304. The van der Waals surface area contributed by atoms with Crippen LogP contribution in [0.5, 0.6) is 0 Å². The number of anilines is 5. The van der Waals surface area contributed by atoms with Gasteiger partial charge in [0.15, 0.2) is 5.15 Å². The summed E-state index contributed by atoms with van der Waals surface area (Å²) in [5.41, 5.74) is 1.72. The monoisotopic (exact) mass is 548 g/mol. The second kappa shape index (κ2) is 11.4. The summed E-state index contributed by atoms with van der Waals surface area (Å²) in [5, 5.41) is 11.3. The second-order valence-electron chi connectivity index (χ2n) is 7.45. The lowest BCUT2D eigenvalue weighted by Crippen LogP contribution is -2.41. The summed E-state index contributed by atoms with van der Waals surface area (Å²) in [7, 11) is 0. The molecule has 0 radical (unpaired) electrons. The van der Waals surface area contributed by atoms with E-state index in [4.69, 9.17) is 39.5 Å². The first kappa shape index (κ1) is 25.5. The van der Waals surface area contributed by atoms with E-state index in [1.165, 1.54) is 23.2 Å². The van der Waals surface area contributed by atoms with Crippen molar-refractivity contribution in [3.63, 3.8) is 0 Å². The Morgan fingerprint density at radius 3 is 2.31 bits per heavy atom. The average Bonchev–Trinajstić information content (AvgIpc) is 2.83. The lowest BCUT2D eigenvalue weighted by Gasteiger charge is -2.27. The van der Waals surface area contributed by atoms with Crippen LogP contribution in [0.1, 0.15) is 0 Å². The summed E-state index contributed by atoms with van der Waals surface area (Å²) < 4.78 is 5.13. The van der Waals surface area contributed by atoms with Crippen molar-refractivity contribution in [3.05, 3.63) is 69.9 Å². The lowest BCUT2D eigenvalue weighted by molar-refractivity contribution is -0.125. The fourth-order valence-electron chi connectivity index (χ4n) is 3.33. The van der Waals surface area contributed by atoms with Crippen molar-refractivity contribution in [3.8, 4) is 0 Å². The minimum Gasteiger partial charge on any atom is -0.370 e. The molecule has 1 saturated heterocycles. The van der Waals surface area contributed by atoms with Crippen LogP contribution in [0.3, 0.4) is 0 Å². The zero-order chi connectivity index (χ0) is 25.7. The van der Waals surface area contributed by atoms with Crippen molar-refractivity contribution in [2.45, 2.75) is 0 Å². The van der Waals surface area contributed by atoms with Gasteiger partial charge in [-0.25, -0.2) is 14.6 Å². The number of amides is 5. The maximum atomic E-state index is 12.7. The number of urea groups is 2. The van der Waals surface area contributed by atoms with Crippen LogP contribution in [0.25, 0.3) is 0 Å². The number of rotatable bonds is 5. The van der Waals surface area contributed by atoms with E-state index in [9.17, 15) is 14.4 Å². The molecule has 1 aromatic heterocycles. The summed E-state index contributed by atoms with van der Waals surface area (Å²) in [6.07, 6.45) is 1.38. The normalized spacial score (nSPS) is 13.2. The van der Waals surface area contributed by atoms with Gasteiger partial charge in [-0.3, -0.25) is 4.79 Å². The number of ether oxygens (including phenoxy) is 1. The Balaban J connectivity index is 1.42. The van der Waals surface area contributed by atoms with Crippen LogP contribution in [0.2, 0.25) is 15.2 Å². The predicted molar refractivity (Wildman–Crippen MR) is 141 cm³/mol. The minimum atomic E-state index is -0.621. The van der Waals surface area contributed by atoms with Gasteiger partial charge in [0.25, 0.3) is 5.91 Å². The molecule has 4 N–H and O–H groups in total. The van der Waals surface area contributed by atoms with E-state index in [1.807, 2.05) is 0 Å². The topological polar surface area (TPSA) is 125 Å². The molecule has 13 heteroatoms. The number of carbonyl (C=O) groups is 3. The molecule has 0 unspecified atom stereocenters. The first-order chi connectivity index (χ1) is 17.3. The highest BCUT2D eigenvalue weighted by atomic mass is 35.5. The van der Waals surface area contributed by atoms with E-state index in [1.54, 1.807) is 36.4 Å². The van der Waals surface area contributed by atoms with Gasteiger partial charge in [-0.2, -0.15) is 0 Å². The van der Waals surface area contributed by atoms with Crippen LogP contribution in [0.4, 0.5) is 38.0 Å². The van der Waals surface area contributed by atoms with E-state index >= 15 is 0 Å². The predicted octanol–water partition coefficient (Wildman–Crippen LogP) is 5.69. The van der Waals surface area contributed by atoms with Gasteiger partial charge >= 0.3 is 12.1 Å². The third-order valence-corrected chi connectivity index (χ3v) is 5.82. The number of benzene rings is 2. The molecular weight excluding hydrogens is 531 g/mol. The molecule has 1 fully saturated rings. The highest BCUT2D eigenvalue weighted by Gasteiger charge is 2.22. The van der Waals surface area contributed by atoms with Crippen molar-refractivity contribution in [1.29, 1.82) is 0 Å². The Bertz CT molecular complexity index is 1310. The fraction of sp³-hybridized carbons (Fsp3) is 0.130. The fourth-order valence-corrected chi connectivity index (χ4v) is 3.94. The van der Waals surface area contributed by atoms with Crippen LogP contribution in [-0.4, -0.2) is 42.7 Å². The van der Waals surface area contributed by atoms with E-state index in [-0.39, 0.29) is 34.1 Å². The number of nitrogens with zero attached hydrogens (tertiary/aromatic N) is 2. The van der Waals surface area contributed by atoms with Crippen LogP contribution < -0.4 is 26.2 Å². The van der Waals surface area contributed by atoms with Crippen molar-refractivity contribution >= 4 is 81.2 Å². The van der Waals surface area contributed by atoms with E-state index in [0.29, 0.717) is 35.2 Å². The number of hydrogen-bond donors (Lipinski definition) is 4. The molecule has 3 aromatic rings. The Labute approximate surface area is 220 Å². The highest BCUT2D eigenvalue weighted by molar-refractivity contribution is 6.34. The summed E-state index contributed by atoms with van der Waals surface area (Å²) >= 11 is 18.4. The standard InChI is InChI=1S/C23H19Cl3N6O4/c24-13-1-3-14(4-2-13)28-23(35)31-20-17(7-8-27-21(20)26)30-22(34)29-15-5-6-18(16(25)11-15)32-9-10-36-12-19(32)33/h1-8,11H,9-10,12H2,(H2,28,31,35)(H2,27,29,30,34). The zero-order valence-electron chi connectivity index (χ0n) is 18.5. The zero-order valence-corrected chi connectivity index (χ0v) is 20.7. The molecule has 0 atom stereocenters. The molecule has 1 aliphatic heterocycles. The van der Waals surface area contributed by atoms with E-state index in [0.717, 1.165) is 0 Å². The number of carbonyl (C=O) groups excluding carboxylic acids is 3. The van der Waals surface area contributed by atoms with Crippen molar-refractivity contribution in [2.75, 3.05) is 45.9 Å². The molecule has 2 aromatic carbocycles. The molecule has 0 saturated carbocycles. The van der Waals surface area contributed by atoms with Gasteiger partial charge in [0.1, 0.15) is 12.3 Å². The van der Waals surface area contributed by atoms with E-state index in [2.05, 4.69) is 26.3 Å². The molecule has 0 bridgehead atoms. The Kier molecular flexibility index (Phi) is 8.11. The molecule has 36 heavy (non-hydrogen) atoms. The highest BCUT2D eigenvalue weighted by Crippen LogP contribution is 2.31. The third-order valence-electron chi connectivity index (χ3n) is 4.98. The smallest absolute Gasteiger partial charge is 0.323 e. The number of aromatic nitrogens is 1. The molecule has 0 spiro atoms. The maximum absolute atomic E-state index is 12.7. The van der Waals surface area contributed by atoms with Crippen molar-refractivity contribution < 1.29 is 19.1 Å². The molecule has 5 amide bonds. The van der Waals surface area contributed by atoms with E-state index < -0.39 is 12.1 Å². The Morgan fingerprint density at radius 1 is 0.889 bits per heavy atom. The molecule has 186 valence electrons.